The SMILES string of the molecule is COc1c(OP)cc2c(c1OC)CCc1nc3cc(CO)c(CO)cc3cc1-2. The van der Waals surface area contributed by atoms with E-state index < -0.39 is 0 Å². The average Bonchev–Trinajstić information content (AvgIpc) is 2.74. The zero-order valence-corrected chi connectivity index (χ0v) is 16.9. The Kier molecular flexibility index (Phi) is 5.11. The third kappa shape index (κ3) is 2.89. The highest BCUT2D eigenvalue weighted by atomic mass is 31.0. The van der Waals surface area contributed by atoms with Gasteiger partial charge in [0, 0.05) is 22.2 Å². The maximum Gasteiger partial charge on any atom is 0.203 e. The Balaban J connectivity index is 1.99. The number of benzene rings is 2. The second-order valence-electron chi connectivity index (χ2n) is 6.70. The molecule has 146 valence electrons. The first-order valence-electron chi connectivity index (χ1n) is 8.97. The number of fused-ring (bicyclic) bond motifs is 4. The molecule has 0 bridgehead atoms. The molecule has 6 nitrogen and oxygen atoms in total. The van der Waals surface area contributed by atoms with Crippen LogP contribution in [0.2, 0.25) is 0 Å². The molecule has 2 N–H and O–H groups in total. The fourth-order valence-electron chi connectivity index (χ4n) is 3.95. The van der Waals surface area contributed by atoms with Gasteiger partial charge >= 0.3 is 0 Å². The minimum absolute atomic E-state index is 0.126. The van der Waals surface area contributed by atoms with Gasteiger partial charge in [-0.25, -0.2) is 0 Å². The molecule has 2 aromatic carbocycles. The molecular formula is C21H22NO5P. The van der Waals surface area contributed by atoms with Gasteiger partial charge in [0.2, 0.25) is 5.75 Å². The number of aliphatic hydroxyl groups excluding tert-OH is 2. The topological polar surface area (TPSA) is 81.0 Å². The van der Waals surface area contributed by atoms with Crippen LogP contribution in [0.4, 0.5) is 0 Å². The molecule has 3 aromatic rings. The number of aliphatic hydroxyl groups is 2. The van der Waals surface area contributed by atoms with E-state index in [4.69, 9.17) is 19.0 Å². The van der Waals surface area contributed by atoms with Crippen molar-refractivity contribution in [2.45, 2.75) is 26.1 Å². The predicted molar refractivity (Wildman–Crippen MR) is 110 cm³/mol. The molecule has 1 aliphatic carbocycles. The Bertz CT molecular complexity index is 1070. The highest BCUT2D eigenvalue weighted by Crippen LogP contribution is 2.49. The van der Waals surface area contributed by atoms with Crippen LogP contribution in [0.5, 0.6) is 17.2 Å². The van der Waals surface area contributed by atoms with Gasteiger partial charge in [-0.05, 0) is 53.8 Å². The molecule has 0 saturated carbocycles. The van der Waals surface area contributed by atoms with Gasteiger partial charge < -0.3 is 24.2 Å². The second kappa shape index (κ2) is 7.55. The predicted octanol–water partition coefficient (Wildman–Crippen LogP) is 3.17. The number of aryl methyl sites for hydroxylation is 1. The molecule has 1 aromatic heterocycles. The molecule has 1 aliphatic rings. The van der Waals surface area contributed by atoms with Crippen molar-refractivity contribution < 1.29 is 24.2 Å². The third-order valence-electron chi connectivity index (χ3n) is 5.30. The lowest BCUT2D eigenvalue weighted by Gasteiger charge is -2.24. The Morgan fingerprint density at radius 3 is 2.29 bits per heavy atom. The monoisotopic (exact) mass is 399 g/mol. The fraction of sp³-hybridized carbons (Fsp3) is 0.286. The molecule has 0 aliphatic heterocycles. The van der Waals surface area contributed by atoms with Crippen LogP contribution in [-0.2, 0) is 26.1 Å². The van der Waals surface area contributed by atoms with Gasteiger partial charge in [-0.15, -0.1) is 0 Å². The van der Waals surface area contributed by atoms with E-state index >= 15 is 0 Å². The maximum absolute atomic E-state index is 9.62. The molecule has 4 rings (SSSR count). The molecule has 0 amide bonds. The summed E-state index contributed by atoms with van der Waals surface area (Å²) in [6.07, 6.45) is 1.55. The van der Waals surface area contributed by atoms with Crippen LogP contribution in [0.25, 0.3) is 22.0 Å². The molecule has 28 heavy (non-hydrogen) atoms. The summed E-state index contributed by atoms with van der Waals surface area (Å²) in [6.45, 7) is -0.255. The summed E-state index contributed by atoms with van der Waals surface area (Å²) in [4.78, 5) is 4.84. The van der Waals surface area contributed by atoms with Gasteiger partial charge in [-0.2, -0.15) is 0 Å². The van der Waals surface area contributed by atoms with E-state index in [1.807, 2.05) is 18.2 Å². The minimum Gasteiger partial charge on any atom is -0.492 e. The van der Waals surface area contributed by atoms with Crippen molar-refractivity contribution in [3.05, 3.63) is 46.6 Å². The van der Waals surface area contributed by atoms with Crippen molar-refractivity contribution in [1.82, 2.24) is 4.98 Å². The Morgan fingerprint density at radius 1 is 0.929 bits per heavy atom. The van der Waals surface area contributed by atoms with Crippen LogP contribution >= 0.6 is 9.47 Å². The summed E-state index contributed by atoms with van der Waals surface area (Å²) in [5.74, 6) is 1.82. The van der Waals surface area contributed by atoms with Crippen molar-refractivity contribution >= 4 is 20.4 Å². The summed E-state index contributed by atoms with van der Waals surface area (Å²) >= 11 is 0. The van der Waals surface area contributed by atoms with E-state index in [2.05, 4.69) is 15.5 Å². The molecule has 7 heteroatoms. The van der Waals surface area contributed by atoms with Gasteiger partial charge in [0.1, 0.15) is 0 Å². The molecule has 1 atom stereocenters. The first kappa shape index (κ1) is 18.9. The second-order valence-corrected chi connectivity index (χ2v) is 6.93. The van der Waals surface area contributed by atoms with Gasteiger partial charge in [-0.3, -0.25) is 4.98 Å². The van der Waals surface area contributed by atoms with Gasteiger partial charge in [-0.1, -0.05) is 0 Å². The van der Waals surface area contributed by atoms with Gasteiger partial charge in [0.05, 0.1) is 42.4 Å². The van der Waals surface area contributed by atoms with Crippen LogP contribution in [0.15, 0.2) is 24.3 Å². The van der Waals surface area contributed by atoms with Crippen molar-refractivity contribution in [2.24, 2.45) is 0 Å². The normalized spacial score (nSPS) is 12.5. The summed E-state index contributed by atoms with van der Waals surface area (Å²) in [5, 5.41) is 20.1. The lowest BCUT2D eigenvalue weighted by molar-refractivity contribution is 0.260. The van der Waals surface area contributed by atoms with Crippen LogP contribution in [0.1, 0.15) is 22.4 Å². The average molecular weight is 399 g/mol. The fourth-order valence-corrected chi connectivity index (χ4v) is 4.13. The largest absolute Gasteiger partial charge is 0.492 e. The van der Waals surface area contributed by atoms with E-state index in [9.17, 15) is 10.2 Å². The van der Waals surface area contributed by atoms with E-state index in [0.717, 1.165) is 46.1 Å². The Hall–Kier alpha value is -2.40. The number of ether oxygens (including phenoxy) is 2. The lowest BCUT2D eigenvalue weighted by Crippen LogP contribution is -2.09. The van der Waals surface area contributed by atoms with Crippen LogP contribution in [0, 0.1) is 0 Å². The van der Waals surface area contributed by atoms with E-state index in [0.29, 0.717) is 28.4 Å². The molecule has 1 heterocycles. The highest BCUT2D eigenvalue weighted by Gasteiger charge is 2.26. The van der Waals surface area contributed by atoms with Crippen molar-refractivity contribution in [1.29, 1.82) is 0 Å². The van der Waals surface area contributed by atoms with Crippen molar-refractivity contribution in [2.75, 3.05) is 14.2 Å². The smallest absolute Gasteiger partial charge is 0.203 e. The number of nitrogens with zero attached hydrogens (tertiary/aromatic N) is 1. The third-order valence-corrected chi connectivity index (χ3v) is 5.55. The number of pyridine rings is 1. The van der Waals surface area contributed by atoms with Crippen molar-refractivity contribution in [3.63, 3.8) is 0 Å². The van der Waals surface area contributed by atoms with E-state index in [1.54, 1.807) is 14.2 Å². The number of methoxy groups -OCH3 is 2. The van der Waals surface area contributed by atoms with Crippen LogP contribution < -0.4 is 14.0 Å². The zero-order valence-electron chi connectivity index (χ0n) is 15.8. The minimum atomic E-state index is -0.129. The molecule has 0 fully saturated rings. The van der Waals surface area contributed by atoms with E-state index in [-0.39, 0.29) is 13.2 Å². The summed E-state index contributed by atoms with van der Waals surface area (Å²) in [5.41, 5.74) is 6.28. The Morgan fingerprint density at radius 2 is 1.64 bits per heavy atom. The van der Waals surface area contributed by atoms with E-state index in [1.165, 1.54) is 0 Å². The van der Waals surface area contributed by atoms with Crippen LogP contribution in [-0.4, -0.2) is 29.4 Å². The summed E-state index contributed by atoms with van der Waals surface area (Å²) < 4.78 is 16.6. The van der Waals surface area contributed by atoms with Gasteiger partial charge in [0.15, 0.2) is 11.5 Å². The number of rotatable bonds is 5. The van der Waals surface area contributed by atoms with Crippen LogP contribution in [0.3, 0.4) is 0 Å². The highest BCUT2D eigenvalue weighted by molar-refractivity contribution is 7.10. The quantitative estimate of drug-likeness (QED) is 0.642. The maximum atomic E-state index is 9.62. The summed E-state index contributed by atoms with van der Waals surface area (Å²) in [6, 6.07) is 7.76. The molecule has 1 unspecified atom stereocenters. The Labute approximate surface area is 165 Å². The van der Waals surface area contributed by atoms with Gasteiger partial charge in [0.25, 0.3) is 0 Å². The summed E-state index contributed by atoms with van der Waals surface area (Å²) in [7, 11) is 5.47. The number of aromatic nitrogens is 1. The zero-order chi connectivity index (χ0) is 19.8. The lowest BCUT2D eigenvalue weighted by atomic mass is 9.86. The molecule has 0 spiro atoms. The standard InChI is InChI=1S/C21H22NO5P/c1-25-20-14-3-4-17-16(15(14)8-19(27-28)21(20)26-2)6-11-5-12(9-23)13(10-24)7-18(11)22-17/h5-8,23-24H,3-4,9-10,28H2,1-2H3. The van der Waals surface area contributed by atoms with Crippen molar-refractivity contribution in [3.8, 4) is 28.4 Å². The molecule has 0 saturated heterocycles. The number of hydrogen-bond acceptors (Lipinski definition) is 6. The first-order chi connectivity index (χ1) is 13.6. The number of hydrogen-bond donors (Lipinski definition) is 2. The molecular weight excluding hydrogens is 377 g/mol. The first-order valence-corrected chi connectivity index (χ1v) is 9.44. The molecule has 0 radical (unpaired) electrons.